The summed E-state index contributed by atoms with van der Waals surface area (Å²) < 4.78 is 37.4. The Hall–Kier alpha value is -2.03. The number of nitrogens with one attached hydrogen (secondary N) is 2. The smallest absolute Gasteiger partial charge is 0.417 e. The first-order valence-electron chi connectivity index (χ1n) is 7.04. The highest BCUT2D eigenvalue weighted by atomic mass is 35.5. The summed E-state index contributed by atoms with van der Waals surface area (Å²) in [5.74, 6) is -1.41. The zero-order valence-electron chi connectivity index (χ0n) is 12.8. The molecule has 1 amide bonds. The van der Waals surface area contributed by atoms with Gasteiger partial charge in [-0.05, 0) is 12.0 Å². The van der Waals surface area contributed by atoms with Gasteiger partial charge < -0.3 is 15.7 Å². The van der Waals surface area contributed by atoms with Crippen LogP contribution in [0.25, 0.3) is 0 Å². The quantitative estimate of drug-likeness (QED) is 0.657. The van der Waals surface area contributed by atoms with Crippen molar-refractivity contribution in [3.05, 3.63) is 22.8 Å². The van der Waals surface area contributed by atoms with E-state index >= 15 is 0 Å². The molecule has 1 aromatic rings. The summed E-state index contributed by atoms with van der Waals surface area (Å²) in [6.45, 7) is 2.04. The van der Waals surface area contributed by atoms with Crippen molar-refractivity contribution >= 4 is 29.3 Å². The molecule has 134 valence electrons. The number of alkyl halides is 3. The molecule has 0 aromatic carbocycles. The van der Waals surface area contributed by atoms with Crippen LogP contribution in [0.15, 0.2) is 12.3 Å². The molecule has 3 N–H and O–H groups in total. The topological polar surface area (TPSA) is 91.3 Å². The van der Waals surface area contributed by atoms with Gasteiger partial charge in [-0.2, -0.15) is 13.2 Å². The van der Waals surface area contributed by atoms with Crippen LogP contribution in [0.3, 0.4) is 0 Å². The fraction of sp³-hybridized carbons (Fsp3) is 0.500. The van der Waals surface area contributed by atoms with Gasteiger partial charge in [0.25, 0.3) is 0 Å². The number of hydrogen-bond acceptors (Lipinski definition) is 4. The Labute approximate surface area is 141 Å². The molecule has 0 aliphatic carbocycles. The third-order valence-corrected chi connectivity index (χ3v) is 3.27. The minimum Gasteiger partial charge on any atom is -0.481 e. The lowest BCUT2D eigenvalue weighted by atomic mass is 10.1. The number of carbonyl (C=O) groups excluding carboxylic acids is 1. The monoisotopic (exact) mass is 367 g/mol. The van der Waals surface area contributed by atoms with Crippen molar-refractivity contribution in [2.75, 3.05) is 18.4 Å². The minimum atomic E-state index is -4.53. The van der Waals surface area contributed by atoms with Crippen molar-refractivity contribution in [2.45, 2.75) is 25.9 Å². The summed E-state index contributed by atoms with van der Waals surface area (Å²) in [7, 11) is 0. The first-order valence-corrected chi connectivity index (χ1v) is 7.42. The second-order valence-corrected chi connectivity index (χ2v) is 5.64. The summed E-state index contributed by atoms with van der Waals surface area (Å²) in [6.07, 6.45) is -3.88. The number of aromatic nitrogens is 1. The lowest BCUT2D eigenvalue weighted by Crippen LogP contribution is -2.30. The molecule has 1 rings (SSSR count). The van der Waals surface area contributed by atoms with E-state index in [2.05, 4.69) is 15.6 Å². The molecule has 1 heterocycles. The SMILES string of the molecule is CC(CNC(=O)CCNc1ncc(C(F)(F)F)cc1Cl)CC(=O)O. The van der Waals surface area contributed by atoms with E-state index in [0.29, 0.717) is 6.20 Å². The Kier molecular flexibility index (Phi) is 7.27. The molecule has 0 aliphatic rings. The molecule has 0 saturated heterocycles. The Morgan fingerprint density at radius 2 is 2.08 bits per heavy atom. The lowest BCUT2D eigenvalue weighted by molar-refractivity contribution is -0.138. The first-order chi connectivity index (χ1) is 11.1. The third-order valence-electron chi connectivity index (χ3n) is 2.98. The van der Waals surface area contributed by atoms with Gasteiger partial charge in [0.2, 0.25) is 5.91 Å². The van der Waals surface area contributed by atoms with Crippen molar-refractivity contribution in [1.82, 2.24) is 10.3 Å². The van der Waals surface area contributed by atoms with Gasteiger partial charge in [0.05, 0.1) is 10.6 Å². The van der Waals surface area contributed by atoms with Crippen LogP contribution in [0.4, 0.5) is 19.0 Å². The lowest BCUT2D eigenvalue weighted by Gasteiger charge is -2.12. The van der Waals surface area contributed by atoms with Crippen molar-refractivity contribution < 1.29 is 27.9 Å². The van der Waals surface area contributed by atoms with E-state index in [0.717, 1.165) is 6.07 Å². The molecular formula is C14H17ClF3N3O3. The van der Waals surface area contributed by atoms with E-state index in [9.17, 15) is 22.8 Å². The van der Waals surface area contributed by atoms with Crippen molar-refractivity contribution in [1.29, 1.82) is 0 Å². The molecule has 1 unspecified atom stereocenters. The molecule has 0 bridgehead atoms. The highest BCUT2D eigenvalue weighted by Crippen LogP contribution is 2.32. The van der Waals surface area contributed by atoms with Gasteiger partial charge in [0.15, 0.2) is 0 Å². The van der Waals surface area contributed by atoms with Crippen molar-refractivity contribution in [3.8, 4) is 0 Å². The standard InChI is InChI=1S/C14H17ClF3N3O3/c1-8(4-12(23)24)6-20-11(22)2-3-19-13-10(15)5-9(7-21-13)14(16,17)18/h5,7-8H,2-4,6H2,1H3,(H,19,21)(H,20,22)(H,23,24). The predicted octanol–water partition coefficient (Wildman–Crippen LogP) is 2.78. The van der Waals surface area contributed by atoms with Crippen LogP contribution in [0.5, 0.6) is 0 Å². The molecule has 0 fully saturated rings. The molecule has 10 heteroatoms. The van der Waals surface area contributed by atoms with Crippen LogP contribution in [0.1, 0.15) is 25.3 Å². The first kappa shape index (κ1) is 20.0. The number of hydrogen-bond donors (Lipinski definition) is 3. The highest BCUT2D eigenvalue weighted by Gasteiger charge is 2.31. The predicted molar refractivity (Wildman–Crippen MR) is 81.8 cm³/mol. The number of carboxylic acid groups (broad SMARTS) is 1. The Morgan fingerprint density at radius 3 is 2.62 bits per heavy atom. The van der Waals surface area contributed by atoms with Crippen molar-refractivity contribution in [2.24, 2.45) is 5.92 Å². The maximum absolute atomic E-state index is 12.5. The number of carbonyl (C=O) groups is 2. The Bertz CT molecular complexity index is 596. The van der Waals surface area contributed by atoms with Crippen LogP contribution in [0, 0.1) is 5.92 Å². The van der Waals surface area contributed by atoms with Crippen LogP contribution >= 0.6 is 11.6 Å². The van der Waals surface area contributed by atoms with E-state index in [1.165, 1.54) is 0 Å². The number of pyridine rings is 1. The maximum atomic E-state index is 12.5. The van der Waals surface area contributed by atoms with E-state index < -0.39 is 17.7 Å². The number of anilines is 1. The minimum absolute atomic E-state index is 0.0405. The number of aliphatic carboxylic acids is 1. The van der Waals surface area contributed by atoms with Gasteiger partial charge in [-0.25, -0.2) is 4.98 Å². The Morgan fingerprint density at radius 1 is 1.42 bits per heavy atom. The zero-order valence-corrected chi connectivity index (χ0v) is 13.5. The number of nitrogens with zero attached hydrogens (tertiary/aromatic N) is 1. The molecule has 1 atom stereocenters. The molecule has 1 aromatic heterocycles. The number of halogens is 4. The molecule has 6 nitrogen and oxygen atoms in total. The summed E-state index contributed by atoms with van der Waals surface area (Å²) >= 11 is 5.72. The summed E-state index contributed by atoms with van der Waals surface area (Å²) in [5, 5.41) is 13.7. The van der Waals surface area contributed by atoms with E-state index in [-0.39, 0.29) is 48.6 Å². The van der Waals surface area contributed by atoms with Crippen LogP contribution < -0.4 is 10.6 Å². The highest BCUT2D eigenvalue weighted by molar-refractivity contribution is 6.32. The van der Waals surface area contributed by atoms with Crippen LogP contribution in [-0.2, 0) is 15.8 Å². The van der Waals surface area contributed by atoms with Gasteiger partial charge in [-0.3, -0.25) is 9.59 Å². The largest absolute Gasteiger partial charge is 0.481 e. The van der Waals surface area contributed by atoms with Gasteiger partial charge in [-0.1, -0.05) is 18.5 Å². The molecule has 0 saturated carbocycles. The maximum Gasteiger partial charge on any atom is 0.417 e. The number of amides is 1. The summed E-state index contributed by atoms with van der Waals surface area (Å²) in [6, 6.07) is 0.755. The molecule has 0 aliphatic heterocycles. The van der Waals surface area contributed by atoms with E-state index in [4.69, 9.17) is 16.7 Å². The fourth-order valence-electron chi connectivity index (χ4n) is 1.76. The van der Waals surface area contributed by atoms with Gasteiger partial charge in [0.1, 0.15) is 5.82 Å². The normalized spacial score (nSPS) is 12.5. The molecule has 0 spiro atoms. The fourth-order valence-corrected chi connectivity index (χ4v) is 2.00. The summed E-state index contributed by atoms with van der Waals surface area (Å²) in [4.78, 5) is 25.7. The van der Waals surface area contributed by atoms with E-state index in [1.54, 1.807) is 6.92 Å². The molecular weight excluding hydrogens is 351 g/mol. The second kappa shape index (κ2) is 8.72. The van der Waals surface area contributed by atoms with Gasteiger partial charge in [0, 0.05) is 32.1 Å². The molecule has 0 radical (unpaired) electrons. The number of rotatable bonds is 8. The number of carboxylic acids is 1. The zero-order chi connectivity index (χ0) is 18.3. The van der Waals surface area contributed by atoms with Crippen LogP contribution in [-0.4, -0.2) is 35.1 Å². The second-order valence-electron chi connectivity index (χ2n) is 5.24. The van der Waals surface area contributed by atoms with E-state index in [1.807, 2.05) is 0 Å². The third kappa shape index (κ3) is 7.03. The molecule has 24 heavy (non-hydrogen) atoms. The van der Waals surface area contributed by atoms with Gasteiger partial charge >= 0.3 is 12.1 Å². The van der Waals surface area contributed by atoms with Crippen molar-refractivity contribution in [3.63, 3.8) is 0 Å². The average molecular weight is 368 g/mol. The Balaban J connectivity index is 2.39. The summed E-state index contributed by atoms with van der Waals surface area (Å²) in [5.41, 5.74) is -0.955. The average Bonchev–Trinajstić information content (AvgIpc) is 2.45. The van der Waals surface area contributed by atoms with Gasteiger partial charge in [-0.15, -0.1) is 0 Å². The van der Waals surface area contributed by atoms with Crippen LogP contribution in [0.2, 0.25) is 5.02 Å².